The highest BCUT2D eigenvalue weighted by Gasteiger charge is 2.33. The van der Waals surface area contributed by atoms with Crippen LogP contribution in [-0.2, 0) is 4.79 Å². The van der Waals surface area contributed by atoms with Crippen LogP contribution in [0.2, 0.25) is 0 Å². The number of nitrogens with two attached hydrogens (primary N) is 1. The van der Waals surface area contributed by atoms with Crippen molar-refractivity contribution in [2.75, 3.05) is 6.54 Å². The largest absolute Gasteiger partial charge is 0.424 e. The van der Waals surface area contributed by atoms with Gasteiger partial charge in [0.05, 0.1) is 0 Å². The molecule has 0 aliphatic carbocycles. The smallest absolute Gasteiger partial charge is 0.276 e. The lowest BCUT2D eigenvalue weighted by Gasteiger charge is -2.13. The number of rotatable bonds is 1. The molecule has 3 amide bonds. The summed E-state index contributed by atoms with van der Waals surface area (Å²) in [4.78, 5) is 23.1. The van der Waals surface area contributed by atoms with Gasteiger partial charge in [0.2, 0.25) is 0 Å². The van der Waals surface area contributed by atoms with E-state index in [4.69, 9.17) is 0 Å². The highest BCUT2D eigenvalue weighted by molar-refractivity contribution is 5.87. The second kappa shape index (κ2) is 2.38. The van der Waals surface area contributed by atoms with Crippen molar-refractivity contribution in [2.24, 2.45) is 0 Å². The average Bonchev–Trinajstić information content (AvgIpc) is 2.10. The molecule has 0 aromatic carbocycles. The number of carbonyl (C=O) groups excluding carboxylic acids is 2. The third kappa shape index (κ3) is 1.16. The van der Waals surface area contributed by atoms with Crippen LogP contribution in [0.5, 0.6) is 0 Å². The van der Waals surface area contributed by atoms with Gasteiger partial charge in [-0.1, -0.05) is 0 Å². The zero-order valence-corrected chi connectivity index (χ0v) is 6.13. The molecule has 0 bridgehead atoms. The fourth-order valence-corrected chi connectivity index (χ4v) is 0.949. The molecule has 0 atom stereocenters. The number of urea groups is 1. The SMILES string of the molecule is CC(C)N1CC(=O)[NH2+]C1=O. The number of primary amides is 2. The molecule has 1 rings (SSSR count). The van der Waals surface area contributed by atoms with Crippen molar-refractivity contribution >= 4 is 11.9 Å². The third-order valence-corrected chi connectivity index (χ3v) is 1.52. The quantitative estimate of drug-likeness (QED) is 0.475. The Bertz CT molecular complexity index is 177. The Kier molecular flexibility index (Phi) is 1.72. The van der Waals surface area contributed by atoms with Crippen LogP contribution < -0.4 is 5.32 Å². The highest BCUT2D eigenvalue weighted by Crippen LogP contribution is 1.98. The number of hydrogen-bond acceptors (Lipinski definition) is 2. The molecule has 1 fully saturated rings. The summed E-state index contributed by atoms with van der Waals surface area (Å²) in [5.41, 5.74) is 0. The van der Waals surface area contributed by atoms with E-state index in [9.17, 15) is 9.59 Å². The first kappa shape index (κ1) is 7.21. The molecule has 4 nitrogen and oxygen atoms in total. The van der Waals surface area contributed by atoms with Crippen LogP contribution in [0.3, 0.4) is 0 Å². The Hall–Kier alpha value is -0.900. The molecule has 56 valence electrons. The summed E-state index contributed by atoms with van der Waals surface area (Å²) in [6.07, 6.45) is 0. The topological polar surface area (TPSA) is 54.0 Å². The van der Waals surface area contributed by atoms with E-state index in [-0.39, 0.29) is 24.5 Å². The van der Waals surface area contributed by atoms with Crippen molar-refractivity contribution < 1.29 is 14.9 Å². The Morgan fingerprint density at radius 2 is 2.10 bits per heavy atom. The molecule has 0 radical (unpaired) electrons. The van der Waals surface area contributed by atoms with E-state index in [1.807, 2.05) is 13.8 Å². The monoisotopic (exact) mass is 143 g/mol. The summed E-state index contributed by atoms with van der Waals surface area (Å²) >= 11 is 0. The van der Waals surface area contributed by atoms with Gasteiger partial charge in [-0.05, 0) is 13.8 Å². The summed E-state index contributed by atoms with van der Waals surface area (Å²) < 4.78 is 0. The van der Waals surface area contributed by atoms with Crippen molar-refractivity contribution in [1.29, 1.82) is 0 Å². The van der Waals surface area contributed by atoms with Crippen molar-refractivity contribution in [3.05, 3.63) is 0 Å². The number of quaternary nitrogens is 1. The first-order chi connectivity index (χ1) is 4.61. The van der Waals surface area contributed by atoms with Gasteiger partial charge in [-0.15, -0.1) is 0 Å². The lowest BCUT2D eigenvalue weighted by atomic mass is 10.3. The Morgan fingerprint density at radius 3 is 2.30 bits per heavy atom. The number of imide groups is 1. The molecule has 0 saturated carbocycles. The second-order valence-corrected chi connectivity index (χ2v) is 2.67. The minimum Gasteiger partial charge on any atom is -0.276 e. The average molecular weight is 143 g/mol. The fraction of sp³-hybridized carbons (Fsp3) is 0.667. The fourth-order valence-electron chi connectivity index (χ4n) is 0.949. The van der Waals surface area contributed by atoms with Crippen LogP contribution >= 0.6 is 0 Å². The molecule has 1 saturated heterocycles. The molecule has 10 heavy (non-hydrogen) atoms. The van der Waals surface area contributed by atoms with Crippen LogP contribution in [-0.4, -0.2) is 29.4 Å². The minimum atomic E-state index is -0.153. The molecule has 2 N–H and O–H groups in total. The maximum Gasteiger partial charge on any atom is 0.424 e. The summed E-state index contributed by atoms with van der Waals surface area (Å²) in [5, 5.41) is 1.15. The zero-order chi connectivity index (χ0) is 7.72. The van der Waals surface area contributed by atoms with Gasteiger partial charge >= 0.3 is 11.9 Å². The minimum absolute atomic E-state index is 0.0845. The molecule has 1 heterocycles. The predicted octanol–water partition coefficient (Wildman–Crippen LogP) is -1.08. The van der Waals surface area contributed by atoms with Crippen LogP contribution in [0.4, 0.5) is 4.79 Å². The van der Waals surface area contributed by atoms with E-state index in [1.165, 1.54) is 0 Å². The highest BCUT2D eigenvalue weighted by atomic mass is 16.2. The zero-order valence-electron chi connectivity index (χ0n) is 6.13. The molecule has 1 aliphatic rings. The Balaban J connectivity index is 2.63. The molecule has 0 aromatic rings. The summed E-state index contributed by atoms with van der Waals surface area (Å²) in [6, 6.07) is -0.0183. The van der Waals surface area contributed by atoms with Crippen LogP contribution in [0.25, 0.3) is 0 Å². The van der Waals surface area contributed by atoms with Crippen molar-refractivity contribution in [3.63, 3.8) is 0 Å². The molecular formula is C6H11N2O2+. The van der Waals surface area contributed by atoms with Gasteiger partial charge in [0.15, 0.2) is 0 Å². The molecule has 4 heteroatoms. The van der Waals surface area contributed by atoms with Crippen LogP contribution in [0, 0.1) is 0 Å². The molecule has 0 spiro atoms. The third-order valence-electron chi connectivity index (χ3n) is 1.52. The Labute approximate surface area is 59.2 Å². The number of hydrogen-bond donors (Lipinski definition) is 1. The van der Waals surface area contributed by atoms with Crippen molar-refractivity contribution in [1.82, 2.24) is 4.90 Å². The van der Waals surface area contributed by atoms with Gasteiger partial charge in [-0.3, -0.25) is 4.90 Å². The summed E-state index contributed by atoms with van der Waals surface area (Å²) in [7, 11) is 0. The van der Waals surface area contributed by atoms with E-state index >= 15 is 0 Å². The second-order valence-electron chi connectivity index (χ2n) is 2.67. The van der Waals surface area contributed by atoms with Gasteiger partial charge in [-0.2, -0.15) is 5.32 Å². The Morgan fingerprint density at radius 1 is 1.50 bits per heavy atom. The number of nitrogens with zero attached hydrogens (tertiary/aromatic N) is 1. The molecule has 0 aromatic heterocycles. The molecule has 0 unspecified atom stereocenters. The molecular weight excluding hydrogens is 132 g/mol. The van der Waals surface area contributed by atoms with Gasteiger partial charge in [0.1, 0.15) is 6.54 Å². The van der Waals surface area contributed by atoms with E-state index in [2.05, 4.69) is 0 Å². The number of amides is 3. The van der Waals surface area contributed by atoms with Gasteiger partial charge in [0.25, 0.3) is 0 Å². The number of carbonyl (C=O) groups is 2. The predicted molar refractivity (Wildman–Crippen MR) is 34.2 cm³/mol. The van der Waals surface area contributed by atoms with Crippen molar-refractivity contribution in [2.45, 2.75) is 19.9 Å². The lowest BCUT2D eigenvalue weighted by Crippen LogP contribution is -2.88. The first-order valence-electron chi connectivity index (χ1n) is 3.29. The van der Waals surface area contributed by atoms with Crippen LogP contribution in [0.15, 0.2) is 0 Å². The van der Waals surface area contributed by atoms with Crippen molar-refractivity contribution in [3.8, 4) is 0 Å². The molecule has 1 aliphatic heterocycles. The normalized spacial score (nSPS) is 19.3. The maximum atomic E-state index is 10.9. The summed E-state index contributed by atoms with van der Waals surface area (Å²) in [6.45, 7) is 4.05. The van der Waals surface area contributed by atoms with E-state index < -0.39 is 0 Å². The van der Waals surface area contributed by atoms with Crippen LogP contribution in [0.1, 0.15) is 13.8 Å². The van der Waals surface area contributed by atoms with Gasteiger partial charge < -0.3 is 0 Å². The van der Waals surface area contributed by atoms with E-state index in [0.717, 1.165) is 5.32 Å². The first-order valence-corrected chi connectivity index (χ1v) is 3.29. The van der Waals surface area contributed by atoms with E-state index in [1.54, 1.807) is 4.90 Å². The summed E-state index contributed by atoms with van der Waals surface area (Å²) in [5.74, 6) is -0.0845. The van der Waals surface area contributed by atoms with Gasteiger partial charge in [0, 0.05) is 6.04 Å². The lowest BCUT2D eigenvalue weighted by molar-refractivity contribution is -0.461. The maximum absolute atomic E-state index is 10.9. The van der Waals surface area contributed by atoms with E-state index in [0.29, 0.717) is 0 Å². The van der Waals surface area contributed by atoms with Gasteiger partial charge in [-0.25, -0.2) is 9.59 Å². The standard InChI is InChI=1S/C6H10N2O2/c1-4(2)8-3-5(9)7-6(8)10/h4H,3H2,1-2H3,(H,7,9,10)/p+1.